The molecule has 49 heavy (non-hydrogen) atoms. The number of nitrogens with zero attached hydrogens (tertiary/aromatic N) is 4. The van der Waals surface area contributed by atoms with Crippen LogP contribution in [0.1, 0.15) is 85.6 Å². The van der Waals surface area contributed by atoms with Crippen LogP contribution in [0.5, 0.6) is 17.2 Å². The molecule has 2 fully saturated rings. The van der Waals surface area contributed by atoms with Gasteiger partial charge in [-0.2, -0.15) is 0 Å². The summed E-state index contributed by atoms with van der Waals surface area (Å²) in [5.41, 5.74) is 2.53. The summed E-state index contributed by atoms with van der Waals surface area (Å²) in [6.07, 6.45) is 4.42. The molecule has 4 aliphatic rings. The van der Waals surface area contributed by atoms with E-state index in [4.69, 9.17) is 18.9 Å². The lowest BCUT2D eigenvalue weighted by molar-refractivity contribution is 0.0490. The van der Waals surface area contributed by atoms with Crippen molar-refractivity contribution in [2.75, 3.05) is 44.9 Å². The number of carbonyl (C=O) groups is 3. The fourth-order valence-corrected chi connectivity index (χ4v) is 7.37. The molecule has 2 saturated heterocycles. The summed E-state index contributed by atoms with van der Waals surface area (Å²) in [5, 5.41) is 11.4. The Morgan fingerprint density at radius 2 is 1.57 bits per heavy atom. The Hall–Kier alpha value is -4.32. The van der Waals surface area contributed by atoms with Crippen LogP contribution in [0.15, 0.2) is 29.3 Å². The quantitative estimate of drug-likeness (QED) is 0.299. The average molecular weight is 677 g/mol. The van der Waals surface area contributed by atoms with E-state index in [1.807, 2.05) is 31.9 Å². The van der Waals surface area contributed by atoms with Crippen molar-refractivity contribution in [1.29, 1.82) is 0 Å². The van der Waals surface area contributed by atoms with E-state index in [1.165, 1.54) is 4.90 Å². The Labute approximate surface area is 287 Å². The van der Waals surface area contributed by atoms with Gasteiger partial charge in [-0.3, -0.25) is 14.6 Å². The number of aliphatic hydroxyl groups excluding tert-OH is 1. The van der Waals surface area contributed by atoms with E-state index in [-0.39, 0.29) is 30.4 Å². The Bertz CT molecular complexity index is 1610. The van der Waals surface area contributed by atoms with Crippen LogP contribution in [-0.2, 0) is 4.74 Å². The third kappa shape index (κ3) is 6.92. The van der Waals surface area contributed by atoms with Crippen LogP contribution < -0.4 is 19.1 Å². The molecule has 12 heteroatoms. The van der Waals surface area contributed by atoms with E-state index in [9.17, 15) is 19.5 Å². The molecule has 264 valence electrons. The van der Waals surface area contributed by atoms with Crippen molar-refractivity contribution in [3.8, 4) is 17.2 Å². The lowest BCUT2D eigenvalue weighted by Gasteiger charge is -2.31. The van der Waals surface area contributed by atoms with Gasteiger partial charge in [0.05, 0.1) is 61.5 Å². The Kier molecular flexibility index (Phi) is 10.3. The molecule has 0 saturated carbocycles. The highest BCUT2D eigenvalue weighted by Gasteiger charge is 2.47. The normalized spacial score (nSPS) is 24.1. The highest BCUT2D eigenvalue weighted by Crippen LogP contribution is 2.41. The van der Waals surface area contributed by atoms with Crippen molar-refractivity contribution in [3.63, 3.8) is 0 Å². The number of aryl methyl sites for hydroxylation is 1. The molecule has 2 aromatic carbocycles. The van der Waals surface area contributed by atoms with Crippen LogP contribution in [0.4, 0.5) is 16.2 Å². The van der Waals surface area contributed by atoms with E-state index in [2.05, 4.69) is 11.9 Å². The maximum Gasteiger partial charge on any atom is 0.416 e. The van der Waals surface area contributed by atoms with Gasteiger partial charge in [0.1, 0.15) is 5.75 Å². The Balaban J connectivity index is 1.07. The SMILES string of the molecule is CCCOC(=O)N1c2cc(OCCCCCOc3cc4c(cc3OC)C(=O)N3CC(C)C[C@H]3C=N4)c(C)cc2C(=O)N2CC(C)C[C@H]2C1O. The monoisotopic (exact) mass is 676 g/mol. The van der Waals surface area contributed by atoms with Gasteiger partial charge in [0.25, 0.3) is 11.8 Å². The fraction of sp³-hybridized carbons (Fsp3) is 0.568. The number of methoxy groups -OCH3 is 1. The van der Waals surface area contributed by atoms with Crippen molar-refractivity contribution >= 4 is 35.5 Å². The standard InChI is InChI=1S/C37H48N4O8/c1-6-10-49-37(45)41-29-18-31(24(4)15-27(29)35(43)40-21-23(3)14-30(40)36(41)44)47-11-8-7-9-12-48-33-17-28-26(16-32(33)46-5)34(42)39-20-22(2)13-25(39)19-38-28/h15-19,22-23,25,30,36,44H,6-14,20-21H2,1-5H3/t22?,23?,25-,30-,36?/m0/s1. The van der Waals surface area contributed by atoms with Crippen LogP contribution in [0.2, 0.25) is 0 Å². The highest BCUT2D eigenvalue weighted by atomic mass is 16.6. The first-order valence-electron chi connectivity index (χ1n) is 17.5. The predicted octanol–water partition coefficient (Wildman–Crippen LogP) is 5.73. The molecule has 4 heterocycles. The summed E-state index contributed by atoms with van der Waals surface area (Å²) in [4.78, 5) is 49.6. The van der Waals surface area contributed by atoms with Gasteiger partial charge in [0, 0.05) is 31.4 Å². The van der Waals surface area contributed by atoms with Gasteiger partial charge in [0.15, 0.2) is 17.7 Å². The minimum Gasteiger partial charge on any atom is -0.493 e. The zero-order valence-corrected chi connectivity index (χ0v) is 29.1. The van der Waals surface area contributed by atoms with E-state index < -0.39 is 18.4 Å². The fourth-order valence-electron chi connectivity index (χ4n) is 7.37. The van der Waals surface area contributed by atoms with Gasteiger partial charge >= 0.3 is 6.09 Å². The summed E-state index contributed by atoms with van der Waals surface area (Å²) >= 11 is 0. The molecule has 0 aliphatic carbocycles. The van der Waals surface area contributed by atoms with Crippen molar-refractivity contribution < 1.29 is 38.4 Å². The van der Waals surface area contributed by atoms with Crippen molar-refractivity contribution in [3.05, 3.63) is 41.0 Å². The molecule has 4 aliphatic heterocycles. The number of fused-ring (bicyclic) bond motifs is 4. The first-order valence-corrected chi connectivity index (χ1v) is 17.5. The molecule has 2 aromatic rings. The number of anilines is 1. The summed E-state index contributed by atoms with van der Waals surface area (Å²) in [7, 11) is 1.56. The summed E-state index contributed by atoms with van der Waals surface area (Å²) in [6.45, 7) is 10.3. The molecule has 0 aromatic heterocycles. The lowest BCUT2D eigenvalue weighted by Crippen LogP contribution is -2.51. The van der Waals surface area contributed by atoms with Crippen molar-refractivity contribution in [2.24, 2.45) is 16.8 Å². The number of amides is 3. The number of ether oxygens (including phenoxy) is 4. The van der Waals surface area contributed by atoms with E-state index >= 15 is 0 Å². The number of carbonyl (C=O) groups excluding carboxylic acids is 3. The van der Waals surface area contributed by atoms with Gasteiger partial charge in [-0.15, -0.1) is 0 Å². The van der Waals surface area contributed by atoms with Crippen LogP contribution in [0.3, 0.4) is 0 Å². The first-order chi connectivity index (χ1) is 23.6. The van der Waals surface area contributed by atoms with Gasteiger partial charge in [-0.1, -0.05) is 20.8 Å². The minimum atomic E-state index is -1.23. The molecule has 3 unspecified atom stereocenters. The molecule has 0 spiro atoms. The van der Waals surface area contributed by atoms with Crippen LogP contribution >= 0.6 is 0 Å². The largest absolute Gasteiger partial charge is 0.493 e. The first kappa shape index (κ1) is 34.5. The Morgan fingerprint density at radius 3 is 2.31 bits per heavy atom. The summed E-state index contributed by atoms with van der Waals surface area (Å²) < 4.78 is 23.3. The smallest absolute Gasteiger partial charge is 0.416 e. The van der Waals surface area contributed by atoms with Gasteiger partial charge in [-0.25, -0.2) is 9.69 Å². The van der Waals surface area contributed by atoms with Crippen LogP contribution in [0, 0.1) is 18.8 Å². The topological polar surface area (TPSA) is 130 Å². The number of benzene rings is 2. The molecule has 5 atom stereocenters. The molecular weight excluding hydrogens is 628 g/mol. The highest BCUT2D eigenvalue weighted by molar-refractivity contribution is 6.06. The maximum atomic E-state index is 13.7. The molecule has 3 amide bonds. The Morgan fingerprint density at radius 1 is 0.878 bits per heavy atom. The molecule has 0 bridgehead atoms. The van der Waals surface area contributed by atoms with Gasteiger partial charge in [0.2, 0.25) is 0 Å². The molecule has 6 rings (SSSR count). The number of hydrogen-bond acceptors (Lipinski definition) is 9. The van der Waals surface area contributed by atoms with E-state index in [0.29, 0.717) is 78.3 Å². The summed E-state index contributed by atoms with van der Waals surface area (Å²) in [6, 6.07) is 6.43. The maximum absolute atomic E-state index is 13.7. The second-order valence-corrected chi connectivity index (χ2v) is 13.8. The van der Waals surface area contributed by atoms with Crippen molar-refractivity contribution in [2.45, 2.75) is 84.5 Å². The number of unbranched alkanes of at least 4 members (excludes halogenated alkanes) is 2. The van der Waals surface area contributed by atoms with Crippen LogP contribution in [-0.4, -0.2) is 97.4 Å². The van der Waals surface area contributed by atoms with Crippen molar-refractivity contribution in [1.82, 2.24) is 9.80 Å². The molecule has 1 N–H and O–H groups in total. The van der Waals surface area contributed by atoms with Gasteiger partial charge < -0.3 is 33.9 Å². The second-order valence-electron chi connectivity index (χ2n) is 13.8. The molecule has 0 radical (unpaired) electrons. The van der Waals surface area contributed by atoms with Crippen LogP contribution in [0.25, 0.3) is 0 Å². The predicted molar refractivity (Wildman–Crippen MR) is 185 cm³/mol. The average Bonchev–Trinajstić information content (AvgIpc) is 3.62. The third-order valence-electron chi connectivity index (χ3n) is 9.85. The zero-order valence-electron chi connectivity index (χ0n) is 29.1. The minimum absolute atomic E-state index is 0.0130. The number of aliphatic hydroxyl groups is 1. The van der Waals surface area contributed by atoms with E-state index in [0.717, 1.165) is 37.8 Å². The number of aliphatic imine (C=N–C) groups is 1. The number of rotatable bonds is 11. The molecular formula is C37H48N4O8. The zero-order chi connectivity index (χ0) is 34.8. The molecule has 12 nitrogen and oxygen atoms in total. The van der Waals surface area contributed by atoms with Gasteiger partial charge in [-0.05, 0) is 75.0 Å². The number of hydrogen-bond donors (Lipinski definition) is 1. The summed E-state index contributed by atoms with van der Waals surface area (Å²) in [5.74, 6) is 2.00. The van der Waals surface area contributed by atoms with E-state index in [1.54, 1.807) is 36.3 Å². The second kappa shape index (κ2) is 14.7. The third-order valence-corrected chi connectivity index (χ3v) is 9.85. The lowest BCUT2D eigenvalue weighted by atomic mass is 10.0.